The minimum atomic E-state index is -4.08. The Labute approximate surface area is 210 Å². The molecular formula is C25H25Cl2N3O3S. The van der Waals surface area contributed by atoms with E-state index in [1.165, 1.54) is 30.3 Å². The highest BCUT2D eigenvalue weighted by atomic mass is 35.5. The van der Waals surface area contributed by atoms with Crippen LogP contribution in [0.3, 0.4) is 0 Å². The molecule has 0 spiro atoms. The van der Waals surface area contributed by atoms with Crippen LogP contribution in [0.15, 0.2) is 82.8 Å². The normalized spacial score (nSPS) is 11.8. The van der Waals surface area contributed by atoms with Crippen molar-refractivity contribution in [2.45, 2.75) is 31.6 Å². The lowest BCUT2D eigenvalue weighted by Crippen LogP contribution is -2.39. The maximum absolute atomic E-state index is 13.4. The number of aryl methyl sites for hydroxylation is 2. The Morgan fingerprint density at radius 2 is 1.59 bits per heavy atom. The van der Waals surface area contributed by atoms with Gasteiger partial charge in [-0.15, -0.1) is 0 Å². The van der Waals surface area contributed by atoms with Gasteiger partial charge in [0, 0.05) is 15.8 Å². The van der Waals surface area contributed by atoms with Gasteiger partial charge in [0.25, 0.3) is 15.9 Å². The summed E-state index contributed by atoms with van der Waals surface area (Å²) >= 11 is 12.2. The lowest BCUT2D eigenvalue weighted by atomic mass is 10.1. The summed E-state index contributed by atoms with van der Waals surface area (Å²) in [4.78, 5) is 12.8. The molecule has 0 unspecified atom stereocenters. The van der Waals surface area contributed by atoms with E-state index >= 15 is 0 Å². The van der Waals surface area contributed by atoms with Crippen LogP contribution in [0.4, 0.5) is 5.69 Å². The number of rotatable bonds is 9. The Morgan fingerprint density at radius 1 is 0.971 bits per heavy atom. The predicted octanol–water partition coefficient (Wildman–Crippen LogP) is 5.62. The third-order valence-electron chi connectivity index (χ3n) is 5.02. The Hall–Kier alpha value is -2.87. The van der Waals surface area contributed by atoms with Gasteiger partial charge in [-0.05, 0) is 62.6 Å². The Bertz CT molecular complexity index is 1260. The van der Waals surface area contributed by atoms with E-state index in [0.717, 1.165) is 27.6 Å². The Balaban J connectivity index is 1.79. The van der Waals surface area contributed by atoms with Crippen molar-refractivity contribution in [3.05, 3.63) is 94.0 Å². The van der Waals surface area contributed by atoms with Crippen molar-refractivity contribution in [2.24, 2.45) is 5.10 Å². The maximum atomic E-state index is 13.4. The van der Waals surface area contributed by atoms with Gasteiger partial charge in [-0.25, -0.2) is 13.8 Å². The smallest absolute Gasteiger partial charge is 0.264 e. The van der Waals surface area contributed by atoms with Crippen LogP contribution < -0.4 is 9.73 Å². The van der Waals surface area contributed by atoms with Crippen molar-refractivity contribution >= 4 is 50.5 Å². The van der Waals surface area contributed by atoms with E-state index < -0.39 is 22.5 Å². The number of carbonyl (C=O) groups is 1. The molecule has 6 nitrogen and oxygen atoms in total. The number of hydrogen-bond acceptors (Lipinski definition) is 4. The summed E-state index contributed by atoms with van der Waals surface area (Å²) in [6, 6.07) is 20.7. The first-order valence-electron chi connectivity index (χ1n) is 10.6. The van der Waals surface area contributed by atoms with E-state index in [-0.39, 0.29) is 20.6 Å². The minimum absolute atomic E-state index is 0.0459. The first-order chi connectivity index (χ1) is 16.1. The predicted molar refractivity (Wildman–Crippen MR) is 138 cm³/mol. The lowest BCUT2D eigenvalue weighted by molar-refractivity contribution is -0.119. The van der Waals surface area contributed by atoms with Gasteiger partial charge < -0.3 is 0 Å². The molecule has 3 aromatic rings. The molecule has 34 heavy (non-hydrogen) atoms. The number of carbonyl (C=O) groups excluding carboxylic acids is 1. The summed E-state index contributed by atoms with van der Waals surface area (Å²) in [5.41, 5.74) is 5.43. The molecule has 1 amide bonds. The molecule has 0 atom stereocenters. The third kappa shape index (κ3) is 7.06. The maximum Gasteiger partial charge on any atom is 0.264 e. The zero-order valence-electron chi connectivity index (χ0n) is 18.8. The quantitative estimate of drug-likeness (QED) is 0.295. The molecule has 0 radical (unpaired) electrons. The fraction of sp³-hybridized carbons (Fsp3) is 0.200. The van der Waals surface area contributed by atoms with Crippen LogP contribution in [-0.4, -0.2) is 26.6 Å². The van der Waals surface area contributed by atoms with Gasteiger partial charge in [0.15, 0.2) is 0 Å². The van der Waals surface area contributed by atoms with E-state index in [0.29, 0.717) is 6.42 Å². The topological polar surface area (TPSA) is 78.8 Å². The second-order valence-corrected chi connectivity index (χ2v) is 10.6. The number of hydrazone groups is 1. The van der Waals surface area contributed by atoms with Gasteiger partial charge in [-0.2, -0.15) is 5.10 Å². The molecule has 0 heterocycles. The fourth-order valence-corrected chi connectivity index (χ4v) is 5.10. The highest BCUT2D eigenvalue weighted by Gasteiger charge is 2.27. The molecule has 0 saturated heterocycles. The van der Waals surface area contributed by atoms with Crippen molar-refractivity contribution in [3.63, 3.8) is 0 Å². The van der Waals surface area contributed by atoms with E-state index in [4.69, 9.17) is 23.2 Å². The van der Waals surface area contributed by atoms with E-state index in [2.05, 4.69) is 10.5 Å². The number of anilines is 1. The average Bonchev–Trinajstić information content (AvgIpc) is 2.80. The van der Waals surface area contributed by atoms with Crippen molar-refractivity contribution in [3.8, 4) is 0 Å². The standard InChI is InChI=1S/C25H25Cl2N3O3S/c1-18-8-12-24(13-9-18)34(32,33)30(23-15-21(26)14-22(27)16-23)17-25(31)29-28-19(2)10-11-20-6-4-3-5-7-20/h3-9,12-16H,10-11,17H2,1-2H3,(H,29,31)/b28-19-. The molecule has 0 aromatic heterocycles. The molecule has 3 aromatic carbocycles. The molecule has 9 heteroatoms. The van der Waals surface area contributed by atoms with Gasteiger partial charge in [-0.3, -0.25) is 9.10 Å². The molecule has 0 bridgehead atoms. The fourth-order valence-electron chi connectivity index (χ4n) is 3.19. The molecule has 1 N–H and O–H groups in total. The molecule has 178 valence electrons. The SMILES string of the molecule is C/C(CCc1ccccc1)=N/NC(=O)CN(c1cc(Cl)cc(Cl)c1)S(=O)(=O)c1ccc(C)cc1. The van der Waals surface area contributed by atoms with Gasteiger partial charge in [0.05, 0.1) is 10.6 Å². The number of halogens is 2. The number of amides is 1. The highest BCUT2D eigenvalue weighted by molar-refractivity contribution is 7.92. The van der Waals surface area contributed by atoms with Crippen molar-refractivity contribution in [2.75, 3.05) is 10.8 Å². The first kappa shape index (κ1) is 25.7. The van der Waals surface area contributed by atoms with Crippen molar-refractivity contribution in [1.29, 1.82) is 0 Å². The summed E-state index contributed by atoms with van der Waals surface area (Å²) in [7, 11) is -4.08. The van der Waals surface area contributed by atoms with Crippen molar-refractivity contribution < 1.29 is 13.2 Å². The van der Waals surface area contributed by atoms with E-state index in [9.17, 15) is 13.2 Å². The summed E-state index contributed by atoms with van der Waals surface area (Å²) in [6.45, 7) is 3.17. The second-order valence-electron chi connectivity index (χ2n) is 7.82. The zero-order chi connectivity index (χ0) is 24.7. The molecule has 0 aliphatic carbocycles. The molecule has 0 saturated carbocycles. The number of nitrogens with one attached hydrogen (secondary N) is 1. The Morgan fingerprint density at radius 3 is 2.21 bits per heavy atom. The number of hydrogen-bond donors (Lipinski definition) is 1. The monoisotopic (exact) mass is 517 g/mol. The van der Waals surface area contributed by atoms with Gasteiger partial charge in [0.2, 0.25) is 0 Å². The molecule has 0 aliphatic rings. The first-order valence-corrected chi connectivity index (χ1v) is 12.8. The van der Waals surface area contributed by atoms with Crippen LogP contribution in [0.25, 0.3) is 0 Å². The highest BCUT2D eigenvalue weighted by Crippen LogP contribution is 2.29. The van der Waals surface area contributed by atoms with Crippen LogP contribution in [0.5, 0.6) is 0 Å². The molecule has 0 aliphatic heterocycles. The number of nitrogens with zero attached hydrogens (tertiary/aromatic N) is 2. The summed E-state index contributed by atoms with van der Waals surface area (Å²) < 4.78 is 27.8. The van der Waals surface area contributed by atoms with Crippen LogP contribution in [0.2, 0.25) is 10.0 Å². The molecule has 3 rings (SSSR count). The lowest BCUT2D eigenvalue weighted by Gasteiger charge is -2.24. The number of sulfonamides is 1. The zero-order valence-corrected chi connectivity index (χ0v) is 21.2. The van der Waals surface area contributed by atoms with Gasteiger partial charge in [0.1, 0.15) is 6.54 Å². The van der Waals surface area contributed by atoms with Crippen LogP contribution in [0.1, 0.15) is 24.5 Å². The minimum Gasteiger partial charge on any atom is -0.271 e. The van der Waals surface area contributed by atoms with Crippen molar-refractivity contribution in [1.82, 2.24) is 5.43 Å². The van der Waals surface area contributed by atoms with Crippen LogP contribution >= 0.6 is 23.2 Å². The largest absolute Gasteiger partial charge is 0.271 e. The molecule has 0 fully saturated rings. The summed E-state index contributed by atoms with van der Waals surface area (Å²) in [5, 5.41) is 4.63. The Kier molecular flexibility index (Phi) is 8.72. The molecular weight excluding hydrogens is 493 g/mol. The summed E-state index contributed by atoms with van der Waals surface area (Å²) in [5.74, 6) is -0.592. The van der Waals surface area contributed by atoms with Gasteiger partial charge in [-0.1, -0.05) is 71.2 Å². The van der Waals surface area contributed by atoms with Gasteiger partial charge >= 0.3 is 0 Å². The second kappa shape index (κ2) is 11.5. The van der Waals surface area contributed by atoms with E-state index in [1.807, 2.05) is 37.3 Å². The third-order valence-corrected chi connectivity index (χ3v) is 7.25. The van der Waals surface area contributed by atoms with E-state index in [1.54, 1.807) is 19.1 Å². The average molecular weight is 518 g/mol. The van der Waals surface area contributed by atoms with Crippen LogP contribution in [0, 0.1) is 6.92 Å². The van der Waals surface area contributed by atoms with Crippen LogP contribution in [-0.2, 0) is 21.2 Å². The summed E-state index contributed by atoms with van der Waals surface area (Å²) in [6.07, 6.45) is 1.43. The number of benzene rings is 3.